The minimum atomic E-state index is -0.190. The van der Waals surface area contributed by atoms with Gasteiger partial charge in [0, 0.05) is 44.4 Å². The van der Waals surface area contributed by atoms with Gasteiger partial charge in [-0.15, -0.1) is 0 Å². The summed E-state index contributed by atoms with van der Waals surface area (Å²) in [5, 5.41) is 7.01. The highest BCUT2D eigenvalue weighted by Gasteiger charge is 2.26. The average molecular weight is 387 g/mol. The Bertz CT molecular complexity index is 852. The van der Waals surface area contributed by atoms with Gasteiger partial charge in [0.25, 0.3) is 5.91 Å². The van der Waals surface area contributed by atoms with Gasteiger partial charge in [-0.3, -0.25) is 14.8 Å². The number of nitrogens with one attached hydrogen (secondary N) is 1. The monoisotopic (exact) mass is 387 g/mol. The number of rotatable bonds is 4. The largest absolute Gasteiger partial charge is 0.493 e. The second kappa shape index (κ2) is 8.20. The smallest absolute Gasteiger partial charge is 0.323 e. The average Bonchev–Trinajstić information content (AvgIpc) is 3.04. The van der Waals surface area contributed by atoms with Crippen molar-refractivity contribution < 1.29 is 19.1 Å². The molecule has 1 aromatic heterocycles. The Morgan fingerprint density at radius 2 is 1.68 bits per heavy atom. The number of carbonyl (C=O) groups is 2. The summed E-state index contributed by atoms with van der Waals surface area (Å²) in [6.45, 7) is 3.74. The molecule has 3 rings (SSSR count). The molecule has 1 aromatic carbocycles. The van der Waals surface area contributed by atoms with Crippen molar-refractivity contribution in [1.29, 1.82) is 0 Å². The van der Waals surface area contributed by atoms with Gasteiger partial charge in [-0.1, -0.05) is 0 Å². The fraction of sp³-hybridized carbons (Fsp3) is 0.421. The number of anilines is 1. The van der Waals surface area contributed by atoms with Crippen molar-refractivity contribution in [3.63, 3.8) is 0 Å². The summed E-state index contributed by atoms with van der Waals surface area (Å²) >= 11 is 0. The van der Waals surface area contributed by atoms with Gasteiger partial charge in [0.15, 0.2) is 11.5 Å². The molecule has 0 saturated carbocycles. The topological polar surface area (TPSA) is 88.9 Å². The maximum Gasteiger partial charge on any atom is 0.323 e. The maximum atomic E-state index is 12.8. The lowest BCUT2D eigenvalue weighted by molar-refractivity contribution is 0.0671. The highest BCUT2D eigenvalue weighted by atomic mass is 16.5. The minimum absolute atomic E-state index is 0.0940. The number of amides is 3. The van der Waals surface area contributed by atoms with Crippen LogP contribution < -0.4 is 14.8 Å². The molecule has 28 heavy (non-hydrogen) atoms. The molecule has 9 heteroatoms. The number of hydrogen-bond donors (Lipinski definition) is 1. The summed E-state index contributed by atoms with van der Waals surface area (Å²) < 4.78 is 12.1. The van der Waals surface area contributed by atoms with Crippen LogP contribution in [0.2, 0.25) is 0 Å². The molecule has 2 heterocycles. The summed E-state index contributed by atoms with van der Waals surface area (Å²) in [4.78, 5) is 28.7. The molecular weight excluding hydrogens is 362 g/mol. The zero-order chi connectivity index (χ0) is 20.3. The van der Waals surface area contributed by atoms with Crippen molar-refractivity contribution >= 4 is 17.8 Å². The summed E-state index contributed by atoms with van der Waals surface area (Å²) in [6.07, 6.45) is 1.70. The van der Waals surface area contributed by atoms with Crippen LogP contribution in [0.25, 0.3) is 0 Å². The third kappa shape index (κ3) is 3.88. The highest BCUT2D eigenvalue weighted by molar-refractivity contribution is 5.95. The van der Waals surface area contributed by atoms with E-state index in [4.69, 9.17) is 9.47 Å². The number of urea groups is 1. The summed E-state index contributed by atoms with van der Waals surface area (Å²) in [6, 6.07) is 4.91. The Labute approximate surface area is 163 Å². The SMILES string of the molecule is COc1ccc(C(=O)N2CCN(C(=O)Nc3c(C)cnn3C)CC2)cc1OC. The van der Waals surface area contributed by atoms with Crippen LogP contribution in [0.5, 0.6) is 11.5 Å². The van der Waals surface area contributed by atoms with Gasteiger partial charge in [-0.25, -0.2) is 4.79 Å². The van der Waals surface area contributed by atoms with Gasteiger partial charge in [-0.2, -0.15) is 5.10 Å². The molecule has 0 spiro atoms. The highest BCUT2D eigenvalue weighted by Crippen LogP contribution is 2.28. The molecule has 1 aliphatic rings. The quantitative estimate of drug-likeness (QED) is 0.863. The maximum absolute atomic E-state index is 12.8. The Hall–Kier alpha value is -3.23. The first-order chi connectivity index (χ1) is 13.4. The van der Waals surface area contributed by atoms with Crippen molar-refractivity contribution in [2.24, 2.45) is 7.05 Å². The standard InChI is InChI=1S/C19H25N5O4/c1-13-12-20-22(2)17(13)21-19(26)24-9-7-23(8-10-24)18(25)14-5-6-15(27-3)16(11-14)28-4/h5-6,11-12H,7-10H2,1-4H3,(H,21,26). The van der Waals surface area contributed by atoms with Crippen molar-refractivity contribution in [3.05, 3.63) is 35.5 Å². The number of aryl methyl sites for hydroxylation is 2. The van der Waals surface area contributed by atoms with E-state index in [0.717, 1.165) is 5.56 Å². The first kappa shape index (κ1) is 19.5. The number of hydrogen-bond acceptors (Lipinski definition) is 5. The van der Waals surface area contributed by atoms with E-state index in [0.29, 0.717) is 49.1 Å². The zero-order valence-corrected chi connectivity index (χ0v) is 16.6. The van der Waals surface area contributed by atoms with Gasteiger partial charge < -0.3 is 19.3 Å². The molecule has 1 fully saturated rings. The number of carbonyl (C=O) groups excluding carboxylic acids is 2. The van der Waals surface area contributed by atoms with Gasteiger partial charge >= 0.3 is 6.03 Å². The molecule has 0 atom stereocenters. The Balaban J connectivity index is 1.60. The fourth-order valence-corrected chi connectivity index (χ4v) is 3.17. The first-order valence-electron chi connectivity index (χ1n) is 9.00. The lowest BCUT2D eigenvalue weighted by atomic mass is 10.1. The number of aromatic nitrogens is 2. The molecule has 1 N–H and O–H groups in total. The number of benzene rings is 1. The molecule has 3 amide bonds. The molecule has 0 bridgehead atoms. The molecule has 150 valence electrons. The minimum Gasteiger partial charge on any atom is -0.493 e. The van der Waals surface area contributed by atoms with E-state index in [-0.39, 0.29) is 11.9 Å². The number of methoxy groups -OCH3 is 2. The second-order valence-electron chi connectivity index (χ2n) is 6.58. The predicted octanol–water partition coefficient (Wildman–Crippen LogP) is 1.74. The summed E-state index contributed by atoms with van der Waals surface area (Å²) in [5.74, 6) is 1.67. The van der Waals surface area contributed by atoms with E-state index < -0.39 is 0 Å². The predicted molar refractivity (Wildman–Crippen MR) is 104 cm³/mol. The van der Waals surface area contributed by atoms with Crippen LogP contribution in [0.3, 0.4) is 0 Å². The molecule has 0 unspecified atom stereocenters. The number of ether oxygens (including phenoxy) is 2. The second-order valence-corrected chi connectivity index (χ2v) is 6.58. The zero-order valence-electron chi connectivity index (χ0n) is 16.6. The van der Waals surface area contributed by atoms with E-state index in [1.165, 1.54) is 7.11 Å². The van der Waals surface area contributed by atoms with Crippen molar-refractivity contribution in [3.8, 4) is 11.5 Å². The van der Waals surface area contributed by atoms with Gasteiger partial charge in [0.2, 0.25) is 0 Å². The van der Waals surface area contributed by atoms with Crippen LogP contribution in [0.15, 0.2) is 24.4 Å². The molecule has 1 saturated heterocycles. The Morgan fingerprint density at radius 3 is 2.25 bits per heavy atom. The van der Waals surface area contributed by atoms with E-state index >= 15 is 0 Å². The molecule has 0 aliphatic carbocycles. The third-order valence-corrected chi connectivity index (χ3v) is 4.83. The van der Waals surface area contributed by atoms with Crippen LogP contribution >= 0.6 is 0 Å². The lowest BCUT2D eigenvalue weighted by Gasteiger charge is -2.34. The molecule has 1 aliphatic heterocycles. The van der Waals surface area contributed by atoms with Crippen LogP contribution in [-0.2, 0) is 7.05 Å². The normalized spacial score (nSPS) is 14.0. The number of nitrogens with zero attached hydrogens (tertiary/aromatic N) is 4. The van der Waals surface area contributed by atoms with Crippen LogP contribution in [-0.4, -0.2) is 71.9 Å². The van der Waals surface area contributed by atoms with Gasteiger partial charge in [0.05, 0.1) is 20.4 Å². The lowest BCUT2D eigenvalue weighted by Crippen LogP contribution is -2.51. The van der Waals surface area contributed by atoms with Crippen LogP contribution in [0.1, 0.15) is 15.9 Å². The Kier molecular flexibility index (Phi) is 5.72. The van der Waals surface area contributed by atoms with Gasteiger partial charge in [-0.05, 0) is 25.1 Å². The van der Waals surface area contributed by atoms with Crippen molar-refractivity contribution in [1.82, 2.24) is 19.6 Å². The first-order valence-corrected chi connectivity index (χ1v) is 9.00. The molecular formula is C19H25N5O4. The third-order valence-electron chi connectivity index (χ3n) is 4.83. The summed E-state index contributed by atoms with van der Waals surface area (Å²) in [5.41, 5.74) is 1.43. The van der Waals surface area contributed by atoms with Gasteiger partial charge in [0.1, 0.15) is 5.82 Å². The van der Waals surface area contributed by atoms with E-state index in [1.54, 1.807) is 53.0 Å². The Morgan fingerprint density at radius 1 is 1.04 bits per heavy atom. The molecule has 9 nitrogen and oxygen atoms in total. The van der Waals surface area contributed by atoms with Crippen LogP contribution in [0, 0.1) is 6.92 Å². The summed E-state index contributed by atoms with van der Waals surface area (Å²) in [7, 11) is 4.87. The number of piperazine rings is 1. The molecule has 0 radical (unpaired) electrons. The van der Waals surface area contributed by atoms with Crippen molar-refractivity contribution in [2.75, 3.05) is 45.7 Å². The molecule has 2 aromatic rings. The van der Waals surface area contributed by atoms with Crippen LogP contribution in [0.4, 0.5) is 10.6 Å². The van der Waals surface area contributed by atoms with E-state index in [2.05, 4.69) is 10.4 Å². The fourth-order valence-electron chi connectivity index (χ4n) is 3.17. The van der Waals surface area contributed by atoms with Crippen molar-refractivity contribution in [2.45, 2.75) is 6.92 Å². The van der Waals surface area contributed by atoms with E-state index in [1.807, 2.05) is 6.92 Å². The van der Waals surface area contributed by atoms with E-state index in [9.17, 15) is 9.59 Å².